The van der Waals surface area contributed by atoms with Crippen LogP contribution in [-0.2, 0) is 10.3 Å². The average molecular weight is 278 g/mol. The minimum atomic E-state index is -1.46. The van der Waals surface area contributed by atoms with Crippen molar-refractivity contribution in [2.75, 3.05) is 7.11 Å². The number of aliphatic hydroxyl groups excluding tert-OH is 2. The second kappa shape index (κ2) is 3.97. The van der Waals surface area contributed by atoms with E-state index in [1.54, 1.807) is 6.92 Å². The van der Waals surface area contributed by atoms with E-state index in [0.29, 0.717) is 16.9 Å². The highest BCUT2D eigenvalue weighted by molar-refractivity contribution is 5.98. The molecule has 0 bridgehead atoms. The predicted octanol–water partition coefficient (Wildman–Crippen LogP) is 0.448. The number of hydrogen-bond acceptors (Lipinski definition) is 6. The third kappa shape index (κ3) is 1.37. The van der Waals surface area contributed by atoms with Gasteiger partial charge in [-0.2, -0.15) is 0 Å². The number of benzene rings is 1. The first kappa shape index (κ1) is 13.0. The molecule has 0 amide bonds. The SMILES string of the molecule is COc1cc(O)c2c(c1)C1(OC2=O)C(C)=CC(O)C1O. The molecule has 6 heteroatoms. The Morgan fingerprint density at radius 3 is 2.60 bits per heavy atom. The molecular formula is C14H14O6. The molecule has 0 aromatic heterocycles. The molecule has 0 saturated carbocycles. The highest BCUT2D eigenvalue weighted by Crippen LogP contribution is 2.51. The number of methoxy groups -OCH3 is 1. The van der Waals surface area contributed by atoms with Crippen LogP contribution >= 0.6 is 0 Å². The molecule has 0 radical (unpaired) electrons. The summed E-state index contributed by atoms with van der Waals surface area (Å²) in [7, 11) is 1.42. The number of esters is 1. The molecule has 3 unspecified atom stereocenters. The quantitative estimate of drug-likeness (QED) is 0.510. The summed E-state index contributed by atoms with van der Waals surface area (Å²) in [6.45, 7) is 1.65. The van der Waals surface area contributed by atoms with Gasteiger partial charge in [-0.15, -0.1) is 0 Å². The van der Waals surface area contributed by atoms with Crippen molar-refractivity contribution in [2.24, 2.45) is 0 Å². The second-order valence-electron chi connectivity index (χ2n) is 4.98. The molecule has 3 N–H and O–H groups in total. The van der Waals surface area contributed by atoms with Crippen molar-refractivity contribution in [3.05, 3.63) is 34.9 Å². The van der Waals surface area contributed by atoms with Gasteiger partial charge >= 0.3 is 5.97 Å². The van der Waals surface area contributed by atoms with Crippen LogP contribution in [0.15, 0.2) is 23.8 Å². The Morgan fingerprint density at radius 1 is 1.35 bits per heavy atom. The van der Waals surface area contributed by atoms with Crippen molar-refractivity contribution in [3.63, 3.8) is 0 Å². The van der Waals surface area contributed by atoms with E-state index in [4.69, 9.17) is 9.47 Å². The van der Waals surface area contributed by atoms with Crippen molar-refractivity contribution in [1.82, 2.24) is 0 Å². The molecule has 3 rings (SSSR count). The average Bonchev–Trinajstić information content (AvgIpc) is 2.81. The molecule has 0 fully saturated rings. The van der Waals surface area contributed by atoms with Crippen LogP contribution in [0, 0.1) is 0 Å². The molecule has 2 aliphatic rings. The van der Waals surface area contributed by atoms with E-state index in [2.05, 4.69) is 0 Å². The van der Waals surface area contributed by atoms with Crippen LogP contribution in [0.5, 0.6) is 11.5 Å². The molecule has 0 saturated heterocycles. The minimum Gasteiger partial charge on any atom is -0.507 e. The van der Waals surface area contributed by atoms with E-state index < -0.39 is 23.8 Å². The summed E-state index contributed by atoms with van der Waals surface area (Å²) in [5, 5.41) is 30.0. The maximum Gasteiger partial charge on any atom is 0.343 e. The van der Waals surface area contributed by atoms with Gasteiger partial charge in [0.25, 0.3) is 0 Å². The van der Waals surface area contributed by atoms with Crippen molar-refractivity contribution < 1.29 is 29.6 Å². The van der Waals surface area contributed by atoms with Crippen LogP contribution in [0.3, 0.4) is 0 Å². The lowest BCUT2D eigenvalue weighted by Crippen LogP contribution is -2.42. The molecule has 1 heterocycles. The fourth-order valence-corrected chi connectivity index (χ4v) is 2.94. The number of aliphatic hydroxyl groups is 2. The zero-order valence-corrected chi connectivity index (χ0v) is 11.0. The van der Waals surface area contributed by atoms with Crippen molar-refractivity contribution in [3.8, 4) is 11.5 Å². The van der Waals surface area contributed by atoms with Gasteiger partial charge in [-0.1, -0.05) is 6.08 Å². The van der Waals surface area contributed by atoms with Gasteiger partial charge in [0, 0.05) is 11.6 Å². The first-order chi connectivity index (χ1) is 9.41. The van der Waals surface area contributed by atoms with Crippen molar-refractivity contribution >= 4 is 5.97 Å². The fourth-order valence-electron chi connectivity index (χ4n) is 2.94. The number of carbonyl (C=O) groups is 1. The first-order valence-corrected chi connectivity index (χ1v) is 6.11. The van der Waals surface area contributed by atoms with Gasteiger partial charge in [-0.05, 0) is 18.6 Å². The standard InChI is InChI=1S/C14H14O6/c1-6-3-10(16)12(17)14(6)8-4-7(19-2)5-9(15)11(8)13(18)20-14/h3-5,10,12,15-17H,1-2H3. The summed E-state index contributed by atoms with van der Waals surface area (Å²) in [5.41, 5.74) is -0.654. The molecule has 1 spiro atoms. The lowest BCUT2D eigenvalue weighted by atomic mass is 9.84. The van der Waals surface area contributed by atoms with Gasteiger partial charge in [-0.25, -0.2) is 4.79 Å². The highest BCUT2D eigenvalue weighted by atomic mass is 16.6. The third-order valence-electron chi connectivity index (χ3n) is 3.93. The summed E-state index contributed by atoms with van der Waals surface area (Å²) in [6.07, 6.45) is -1.02. The number of hydrogen-bond donors (Lipinski definition) is 3. The van der Waals surface area contributed by atoms with E-state index in [-0.39, 0.29) is 11.3 Å². The molecule has 1 aliphatic heterocycles. The fraction of sp³-hybridized carbons (Fsp3) is 0.357. The van der Waals surface area contributed by atoms with Crippen LogP contribution in [0.1, 0.15) is 22.8 Å². The summed E-state index contributed by atoms with van der Waals surface area (Å²) < 4.78 is 10.4. The molecule has 20 heavy (non-hydrogen) atoms. The summed E-state index contributed by atoms with van der Waals surface area (Å²) >= 11 is 0. The number of rotatable bonds is 1. The Balaban J connectivity index is 2.29. The lowest BCUT2D eigenvalue weighted by Gasteiger charge is -2.30. The maximum atomic E-state index is 12.0. The molecular weight excluding hydrogens is 264 g/mol. The zero-order chi connectivity index (χ0) is 14.7. The van der Waals surface area contributed by atoms with Crippen molar-refractivity contribution in [2.45, 2.75) is 24.7 Å². The van der Waals surface area contributed by atoms with E-state index >= 15 is 0 Å². The van der Waals surface area contributed by atoms with Crippen LogP contribution in [0.25, 0.3) is 0 Å². The number of phenols is 1. The Labute approximate surface area is 114 Å². The summed E-state index contributed by atoms with van der Waals surface area (Å²) in [6, 6.07) is 2.83. The molecule has 1 aromatic rings. The van der Waals surface area contributed by atoms with Crippen molar-refractivity contribution in [1.29, 1.82) is 0 Å². The Morgan fingerprint density at radius 2 is 2.05 bits per heavy atom. The van der Waals surface area contributed by atoms with Gasteiger partial charge in [0.1, 0.15) is 29.3 Å². The van der Waals surface area contributed by atoms with E-state index in [1.807, 2.05) is 0 Å². The third-order valence-corrected chi connectivity index (χ3v) is 3.93. The Bertz CT molecular complexity index is 635. The van der Waals surface area contributed by atoms with E-state index in [0.717, 1.165) is 0 Å². The second-order valence-corrected chi connectivity index (χ2v) is 4.98. The lowest BCUT2D eigenvalue weighted by molar-refractivity contribution is -0.0840. The summed E-state index contributed by atoms with van der Waals surface area (Å²) in [4.78, 5) is 12.0. The van der Waals surface area contributed by atoms with Gasteiger partial charge < -0.3 is 24.8 Å². The maximum absolute atomic E-state index is 12.0. The number of ether oxygens (including phenoxy) is 2. The first-order valence-electron chi connectivity index (χ1n) is 6.11. The van der Waals surface area contributed by atoms with Crippen LogP contribution in [-0.4, -0.2) is 40.6 Å². The number of carbonyl (C=O) groups excluding carboxylic acids is 1. The number of phenolic OH excluding ortho intramolecular Hbond substituents is 1. The van der Waals surface area contributed by atoms with Crippen LogP contribution in [0.2, 0.25) is 0 Å². The molecule has 106 valence electrons. The minimum absolute atomic E-state index is 0.00769. The molecule has 1 aromatic carbocycles. The van der Waals surface area contributed by atoms with Gasteiger partial charge in [0.2, 0.25) is 0 Å². The smallest absolute Gasteiger partial charge is 0.343 e. The van der Waals surface area contributed by atoms with E-state index in [1.165, 1.54) is 25.3 Å². The molecule has 1 aliphatic carbocycles. The normalized spacial score (nSPS) is 31.2. The van der Waals surface area contributed by atoms with Crippen LogP contribution < -0.4 is 4.74 Å². The number of fused-ring (bicyclic) bond motifs is 2. The van der Waals surface area contributed by atoms with Crippen LogP contribution in [0.4, 0.5) is 0 Å². The monoisotopic (exact) mass is 278 g/mol. The Kier molecular flexibility index (Phi) is 2.57. The summed E-state index contributed by atoms with van der Waals surface area (Å²) in [5.74, 6) is -0.677. The largest absolute Gasteiger partial charge is 0.507 e. The zero-order valence-electron chi connectivity index (χ0n) is 11.0. The number of aromatic hydroxyl groups is 1. The predicted molar refractivity (Wildman–Crippen MR) is 67.5 cm³/mol. The highest BCUT2D eigenvalue weighted by Gasteiger charge is 2.58. The molecule has 3 atom stereocenters. The van der Waals surface area contributed by atoms with Gasteiger partial charge in [-0.3, -0.25) is 0 Å². The van der Waals surface area contributed by atoms with Gasteiger partial charge in [0.15, 0.2) is 5.60 Å². The topological polar surface area (TPSA) is 96.2 Å². The van der Waals surface area contributed by atoms with Gasteiger partial charge in [0.05, 0.1) is 7.11 Å². The molecule has 6 nitrogen and oxygen atoms in total. The van der Waals surface area contributed by atoms with E-state index in [9.17, 15) is 20.1 Å². The Hall–Kier alpha value is -2.05.